The summed E-state index contributed by atoms with van der Waals surface area (Å²) in [5, 5.41) is 11.5. The van der Waals surface area contributed by atoms with Gasteiger partial charge in [-0.05, 0) is 23.8 Å². The van der Waals surface area contributed by atoms with Crippen molar-refractivity contribution in [2.75, 3.05) is 0 Å². The minimum absolute atomic E-state index is 0.0630. The molecule has 3 rings (SSSR count). The Bertz CT molecular complexity index is 898. The van der Waals surface area contributed by atoms with E-state index in [0.29, 0.717) is 16.5 Å². The Morgan fingerprint density at radius 3 is 2.62 bits per heavy atom. The Kier molecular flexibility index (Phi) is 3.34. The SMILES string of the molecule is O=c1[nH]c(=CC=C2C=NC=N2)[nH]/c1=C/c1ccc([O-])cc1. The minimum Gasteiger partial charge on any atom is -0.872 e. The number of nitrogens with zero attached hydrogens (tertiary/aromatic N) is 2. The first-order valence-electron chi connectivity index (χ1n) is 6.25. The molecule has 0 bridgehead atoms. The summed E-state index contributed by atoms with van der Waals surface area (Å²) in [5.74, 6) is -0.0630. The average Bonchev–Trinajstić information content (AvgIpc) is 3.10. The Balaban J connectivity index is 1.98. The molecule has 2 heterocycles. The molecule has 6 heteroatoms. The molecule has 6 nitrogen and oxygen atoms in total. The first-order valence-corrected chi connectivity index (χ1v) is 6.25. The molecule has 0 saturated heterocycles. The molecule has 2 N–H and O–H groups in total. The Labute approximate surface area is 119 Å². The van der Waals surface area contributed by atoms with Gasteiger partial charge in [0.25, 0.3) is 5.56 Å². The van der Waals surface area contributed by atoms with Gasteiger partial charge in [-0.25, -0.2) is 9.98 Å². The number of aromatic amines is 2. The van der Waals surface area contributed by atoms with Gasteiger partial charge in [0.05, 0.1) is 11.9 Å². The molecule has 0 fully saturated rings. The summed E-state index contributed by atoms with van der Waals surface area (Å²) < 4.78 is 0. The van der Waals surface area contributed by atoms with Gasteiger partial charge in [0.15, 0.2) is 0 Å². The van der Waals surface area contributed by atoms with Crippen LogP contribution >= 0.6 is 0 Å². The fraction of sp³-hybridized carbons (Fsp3) is 0. The molecule has 0 radical (unpaired) electrons. The number of hydrogen-bond donors (Lipinski definition) is 2. The van der Waals surface area contributed by atoms with Crippen molar-refractivity contribution in [1.82, 2.24) is 9.97 Å². The van der Waals surface area contributed by atoms with Crippen LogP contribution < -0.4 is 21.5 Å². The van der Waals surface area contributed by atoms with E-state index < -0.39 is 0 Å². The molecule has 1 aromatic heterocycles. The second-order valence-electron chi connectivity index (χ2n) is 4.40. The summed E-state index contributed by atoms with van der Waals surface area (Å²) in [7, 11) is 0. The highest BCUT2D eigenvalue weighted by molar-refractivity contribution is 5.92. The quantitative estimate of drug-likeness (QED) is 0.766. The third kappa shape index (κ3) is 3.06. The van der Waals surface area contributed by atoms with E-state index in [4.69, 9.17) is 0 Å². The predicted octanol–water partition coefficient (Wildman–Crippen LogP) is -0.617. The second kappa shape index (κ2) is 5.46. The molecule has 0 amide bonds. The monoisotopic (exact) mass is 279 g/mol. The molecule has 0 unspecified atom stereocenters. The van der Waals surface area contributed by atoms with Crippen LogP contribution in [0, 0.1) is 0 Å². The zero-order valence-electron chi connectivity index (χ0n) is 10.9. The van der Waals surface area contributed by atoms with E-state index in [9.17, 15) is 9.90 Å². The van der Waals surface area contributed by atoms with Crippen LogP contribution in [0.15, 0.2) is 50.8 Å². The van der Waals surface area contributed by atoms with Gasteiger partial charge < -0.3 is 15.1 Å². The van der Waals surface area contributed by atoms with Crippen LogP contribution in [0.3, 0.4) is 0 Å². The highest BCUT2D eigenvalue weighted by Crippen LogP contribution is 2.06. The molecular formula is C15H11N4O2-. The number of allylic oxidation sites excluding steroid dienone is 2. The van der Waals surface area contributed by atoms with Gasteiger partial charge in [0.1, 0.15) is 17.2 Å². The van der Waals surface area contributed by atoms with E-state index in [2.05, 4.69) is 20.0 Å². The Hall–Kier alpha value is -3.15. The van der Waals surface area contributed by atoms with Crippen molar-refractivity contribution in [2.24, 2.45) is 9.98 Å². The van der Waals surface area contributed by atoms with E-state index in [0.717, 1.165) is 5.56 Å². The lowest BCUT2D eigenvalue weighted by Crippen LogP contribution is -2.22. The number of aromatic nitrogens is 2. The van der Waals surface area contributed by atoms with Crippen molar-refractivity contribution < 1.29 is 5.11 Å². The van der Waals surface area contributed by atoms with E-state index >= 15 is 0 Å². The minimum atomic E-state index is -0.227. The number of hydrogen-bond acceptors (Lipinski definition) is 4. The Morgan fingerprint density at radius 1 is 1.10 bits per heavy atom. The molecule has 1 aliphatic rings. The van der Waals surface area contributed by atoms with Crippen LogP contribution in [0.25, 0.3) is 12.2 Å². The third-order valence-electron chi connectivity index (χ3n) is 2.85. The third-order valence-corrected chi connectivity index (χ3v) is 2.85. The van der Waals surface area contributed by atoms with Crippen LogP contribution in [0.2, 0.25) is 0 Å². The standard InChI is InChI=1S/C15H12N4O2/c20-12-4-1-10(2-5-12)7-13-15(21)19-14(18-13)6-3-11-8-16-9-17-11/h1-9,18,20H,(H,19,21)/p-1/b11-3?,13-7+,14-6?. The number of aliphatic imine (C=N–C) groups is 2. The number of imidazole rings is 1. The highest BCUT2D eigenvalue weighted by atomic mass is 16.3. The fourth-order valence-corrected chi connectivity index (χ4v) is 1.84. The van der Waals surface area contributed by atoms with Crippen molar-refractivity contribution in [3.63, 3.8) is 0 Å². The van der Waals surface area contributed by atoms with Crippen LogP contribution in [-0.4, -0.2) is 22.5 Å². The smallest absolute Gasteiger partial charge is 0.273 e. The van der Waals surface area contributed by atoms with Crippen LogP contribution in [0.4, 0.5) is 0 Å². The lowest BCUT2D eigenvalue weighted by atomic mass is 10.2. The zero-order chi connectivity index (χ0) is 14.7. The summed E-state index contributed by atoms with van der Waals surface area (Å²) in [5.41, 5.74) is 1.82. The molecule has 104 valence electrons. The molecule has 1 aliphatic heterocycles. The molecule has 21 heavy (non-hydrogen) atoms. The van der Waals surface area contributed by atoms with Gasteiger partial charge in [0, 0.05) is 0 Å². The lowest BCUT2D eigenvalue weighted by Gasteiger charge is -2.02. The fourth-order valence-electron chi connectivity index (χ4n) is 1.84. The van der Waals surface area contributed by atoms with E-state index in [1.54, 1.807) is 36.6 Å². The molecule has 0 atom stereocenters. The number of rotatable bonds is 2. The average molecular weight is 279 g/mol. The normalized spacial score (nSPS) is 17.2. The number of nitrogens with one attached hydrogen (secondary N) is 2. The van der Waals surface area contributed by atoms with Crippen LogP contribution in [0.1, 0.15) is 5.56 Å². The number of benzene rings is 1. The van der Waals surface area contributed by atoms with E-state index in [1.165, 1.54) is 18.5 Å². The maximum absolute atomic E-state index is 11.8. The van der Waals surface area contributed by atoms with Crippen molar-refractivity contribution in [3.8, 4) is 5.75 Å². The van der Waals surface area contributed by atoms with Gasteiger partial charge in [0.2, 0.25) is 0 Å². The number of H-pyrrole nitrogens is 2. The molecule has 1 aromatic carbocycles. The van der Waals surface area contributed by atoms with Gasteiger partial charge >= 0.3 is 0 Å². The van der Waals surface area contributed by atoms with Crippen molar-refractivity contribution in [2.45, 2.75) is 0 Å². The van der Waals surface area contributed by atoms with Crippen molar-refractivity contribution >= 4 is 24.7 Å². The lowest BCUT2D eigenvalue weighted by molar-refractivity contribution is -0.268. The molecule has 0 aliphatic carbocycles. The van der Waals surface area contributed by atoms with Crippen LogP contribution in [0.5, 0.6) is 5.75 Å². The summed E-state index contributed by atoms with van der Waals surface area (Å²) in [6.45, 7) is 0. The van der Waals surface area contributed by atoms with Gasteiger partial charge in [-0.2, -0.15) is 0 Å². The topological polar surface area (TPSA) is 96.4 Å². The first kappa shape index (κ1) is 12.9. The predicted molar refractivity (Wildman–Crippen MR) is 79.7 cm³/mol. The van der Waals surface area contributed by atoms with Crippen molar-refractivity contribution in [1.29, 1.82) is 0 Å². The molecular weight excluding hydrogens is 268 g/mol. The molecule has 2 aromatic rings. The van der Waals surface area contributed by atoms with E-state index in [-0.39, 0.29) is 11.3 Å². The van der Waals surface area contributed by atoms with E-state index in [1.807, 2.05) is 0 Å². The van der Waals surface area contributed by atoms with Gasteiger partial charge in [-0.3, -0.25) is 4.79 Å². The molecule has 0 saturated carbocycles. The van der Waals surface area contributed by atoms with Crippen LogP contribution in [-0.2, 0) is 0 Å². The van der Waals surface area contributed by atoms with Gasteiger partial charge in [-0.1, -0.05) is 24.3 Å². The highest BCUT2D eigenvalue weighted by Gasteiger charge is 1.94. The zero-order valence-corrected chi connectivity index (χ0v) is 10.9. The first-order chi connectivity index (χ1) is 10.2. The summed E-state index contributed by atoms with van der Waals surface area (Å²) >= 11 is 0. The van der Waals surface area contributed by atoms with Gasteiger partial charge in [-0.15, -0.1) is 5.75 Å². The van der Waals surface area contributed by atoms with Crippen molar-refractivity contribution in [3.05, 3.63) is 62.8 Å². The summed E-state index contributed by atoms with van der Waals surface area (Å²) in [6.07, 6.45) is 8.21. The maximum atomic E-state index is 11.8. The largest absolute Gasteiger partial charge is 0.872 e. The Morgan fingerprint density at radius 2 is 1.90 bits per heavy atom. The summed E-state index contributed by atoms with van der Waals surface area (Å²) in [6, 6.07) is 6.24. The molecule has 0 spiro atoms. The summed E-state index contributed by atoms with van der Waals surface area (Å²) in [4.78, 5) is 25.3. The second-order valence-corrected chi connectivity index (χ2v) is 4.40. The maximum Gasteiger partial charge on any atom is 0.273 e.